The minimum absolute atomic E-state index is 0.0709. The van der Waals surface area contributed by atoms with Gasteiger partial charge >= 0.3 is 0 Å². The molecule has 2 aliphatic rings. The number of ether oxygens (including phenoxy) is 1. The van der Waals surface area contributed by atoms with Gasteiger partial charge in [-0.2, -0.15) is 0 Å². The number of rotatable bonds is 3. The van der Waals surface area contributed by atoms with Crippen molar-refractivity contribution in [1.29, 1.82) is 0 Å². The fourth-order valence-corrected chi connectivity index (χ4v) is 3.95. The number of nitrogens with one attached hydrogen (secondary N) is 1. The maximum atomic E-state index is 14.3. The summed E-state index contributed by atoms with van der Waals surface area (Å²) in [6.07, 6.45) is 2.89. The largest absolute Gasteiger partial charge is 0.353 e. The Morgan fingerprint density at radius 3 is 2.52 bits per heavy atom. The van der Waals surface area contributed by atoms with Gasteiger partial charge in [0, 0.05) is 12.1 Å². The van der Waals surface area contributed by atoms with Gasteiger partial charge in [-0.1, -0.05) is 6.92 Å². The Kier molecular flexibility index (Phi) is 5.51. The summed E-state index contributed by atoms with van der Waals surface area (Å²) in [6, 6.07) is 1.93. The third-order valence-electron chi connectivity index (χ3n) is 5.43. The molecule has 1 aliphatic heterocycles. The van der Waals surface area contributed by atoms with Gasteiger partial charge in [0.15, 0.2) is 0 Å². The quantitative estimate of drug-likeness (QED) is 0.876. The molecule has 2 fully saturated rings. The van der Waals surface area contributed by atoms with Crippen LogP contribution < -0.4 is 5.32 Å². The van der Waals surface area contributed by atoms with Crippen LogP contribution in [0, 0.1) is 17.6 Å². The highest BCUT2D eigenvalue weighted by Crippen LogP contribution is 2.43. The van der Waals surface area contributed by atoms with Gasteiger partial charge in [-0.05, 0) is 57.6 Å². The molecule has 0 aromatic heterocycles. The van der Waals surface area contributed by atoms with Crippen LogP contribution in [0.3, 0.4) is 0 Å². The minimum atomic E-state index is -0.936. The van der Waals surface area contributed by atoms with Gasteiger partial charge in [-0.3, -0.25) is 14.5 Å². The topological polar surface area (TPSA) is 58.6 Å². The first kappa shape index (κ1) is 19.7. The zero-order chi connectivity index (χ0) is 19.8. The van der Waals surface area contributed by atoms with E-state index in [1.54, 1.807) is 0 Å². The highest BCUT2D eigenvalue weighted by Gasteiger charge is 2.53. The molecule has 0 bridgehead atoms. The van der Waals surface area contributed by atoms with Crippen LogP contribution in [0.2, 0.25) is 0 Å². The van der Waals surface area contributed by atoms with Crippen LogP contribution in [0.1, 0.15) is 56.8 Å². The van der Waals surface area contributed by atoms with Crippen LogP contribution in [-0.2, 0) is 9.53 Å². The zero-order valence-corrected chi connectivity index (χ0v) is 15.9. The van der Waals surface area contributed by atoms with E-state index in [4.69, 9.17) is 4.74 Å². The number of halogens is 2. The van der Waals surface area contributed by atoms with Crippen molar-refractivity contribution >= 4 is 11.8 Å². The molecule has 1 saturated carbocycles. The number of nitrogens with zero attached hydrogens (tertiary/aromatic N) is 1. The molecule has 1 spiro atoms. The zero-order valence-electron chi connectivity index (χ0n) is 15.9. The number of hydrogen-bond acceptors (Lipinski definition) is 3. The second-order valence-corrected chi connectivity index (χ2v) is 7.92. The molecule has 1 N–H and O–H groups in total. The molecule has 0 radical (unpaired) electrons. The van der Waals surface area contributed by atoms with Gasteiger partial charge in [-0.15, -0.1) is 0 Å². The van der Waals surface area contributed by atoms with Crippen LogP contribution >= 0.6 is 0 Å². The Morgan fingerprint density at radius 2 is 1.93 bits per heavy atom. The Balaban J connectivity index is 1.97. The van der Waals surface area contributed by atoms with Gasteiger partial charge in [0.25, 0.3) is 5.91 Å². The summed E-state index contributed by atoms with van der Waals surface area (Å²) in [7, 11) is 0. The molecule has 27 heavy (non-hydrogen) atoms. The lowest BCUT2D eigenvalue weighted by Gasteiger charge is -2.43. The molecular weight excluding hydrogens is 354 g/mol. The molecule has 1 aromatic carbocycles. The summed E-state index contributed by atoms with van der Waals surface area (Å²) < 4.78 is 33.6. The van der Waals surface area contributed by atoms with E-state index in [1.165, 1.54) is 4.90 Å². The van der Waals surface area contributed by atoms with Crippen molar-refractivity contribution < 1.29 is 23.1 Å². The average Bonchev–Trinajstić information content (AvgIpc) is 2.96. The van der Waals surface area contributed by atoms with E-state index in [2.05, 4.69) is 12.2 Å². The molecule has 1 aliphatic carbocycles. The SMILES string of the molecule is CC1CCC2(CC1)OCC(C(=O)NC(C)C)N2C(=O)c1ccc(F)cc1F. The van der Waals surface area contributed by atoms with Crippen molar-refractivity contribution in [3.63, 3.8) is 0 Å². The Morgan fingerprint density at radius 1 is 1.26 bits per heavy atom. The lowest BCUT2D eigenvalue weighted by atomic mass is 9.83. The Labute approximate surface area is 158 Å². The molecule has 1 aromatic rings. The molecule has 1 atom stereocenters. The first-order valence-electron chi connectivity index (χ1n) is 9.46. The number of carbonyl (C=O) groups is 2. The van der Waals surface area contributed by atoms with Gasteiger partial charge in [0.1, 0.15) is 23.4 Å². The first-order valence-corrected chi connectivity index (χ1v) is 9.46. The van der Waals surface area contributed by atoms with Gasteiger partial charge in [-0.25, -0.2) is 8.78 Å². The van der Waals surface area contributed by atoms with E-state index in [-0.39, 0.29) is 24.1 Å². The molecular formula is C20H26F2N2O3. The van der Waals surface area contributed by atoms with E-state index >= 15 is 0 Å². The highest BCUT2D eigenvalue weighted by molar-refractivity contribution is 5.98. The monoisotopic (exact) mass is 380 g/mol. The second-order valence-electron chi connectivity index (χ2n) is 7.92. The summed E-state index contributed by atoms with van der Waals surface area (Å²) >= 11 is 0. The van der Waals surface area contributed by atoms with Gasteiger partial charge in [0.2, 0.25) is 5.91 Å². The highest BCUT2D eigenvalue weighted by atomic mass is 19.1. The van der Waals surface area contributed by atoms with Crippen LogP contribution in [-0.4, -0.2) is 41.1 Å². The van der Waals surface area contributed by atoms with Gasteiger partial charge < -0.3 is 10.1 Å². The predicted molar refractivity (Wildman–Crippen MR) is 95.9 cm³/mol. The van der Waals surface area contributed by atoms with Gasteiger partial charge in [0.05, 0.1) is 12.2 Å². The molecule has 148 valence electrons. The van der Waals surface area contributed by atoms with E-state index in [1.807, 2.05) is 13.8 Å². The van der Waals surface area contributed by atoms with Crippen molar-refractivity contribution in [3.05, 3.63) is 35.4 Å². The molecule has 1 unspecified atom stereocenters. The Bertz CT molecular complexity index is 730. The molecule has 1 heterocycles. The third kappa shape index (κ3) is 3.83. The third-order valence-corrected chi connectivity index (χ3v) is 5.43. The summed E-state index contributed by atoms with van der Waals surface area (Å²) in [4.78, 5) is 27.3. The Hall–Kier alpha value is -2.02. The second kappa shape index (κ2) is 7.54. The van der Waals surface area contributed by atoms with Crippen LogP contribution in [0.5, 0.6) is 0 Å². The van der Waals surface area contributed by atoms with Crippen LogP contribution in [0.25, 0.3) is 0 Å². The van der Waals surface area contributed by atoms with Crippen LogP contribution in [0.4, 0.5) is 8.78 Å². The smallest absolute Gasteiger partial charge is 0.259 e. The van der Waals surface area contributed by atoms with Crippen molar-refractivity contribution in [2.75, 3.05) is 6.61 Å². The number of hydrogen-bond donors (Lipinski definition) is 1. The molecule has 5 nitrogen and oxygen atoms in total. The van der Waals surface area contributed by atoms with E-state index < -0.39 is 29.3 Å². The van der Waals surface area contributed by atoms with Crippen molar-refractivity contribution in [3.8, 4) is 0 Å². The predicted octanol–water partition coefficient (Wildman–Crippen LogP) is 3.24. The molecule has 2 amide bonds. The lowest BCUT2D eigenvalue weighted by Crippen LogP contribution is -2.57. The van der Waals surface area contributed by atoms with E-state index in [0.29, 0.717) is 24.8 Å². The summed E-state index contributed by atoms with van der Waals surface area (Å²) in [6.45, 7) is 5.87. The first-order chi connectivity index (χ1) is 12.7. The molecule has 1 saturated heterocycles. The maximum Gasteiger partial charge on any atom is 0.259 e. The number of benzene rings is 1. The van der Waals surface area contributed by atoms with Crippen molar-refractivity contribution in [2.45, 2.75) is 64.3 Å². The number of carbonyl (C=O) groups excluding carboxylic acids is 2. The maximum absolute atomic E-state index is 14.3. The van der Waals surface area contributed by atoms with Crippen molar-refractivity contribution in [2.24, 2.45) is 5.92 Å². The summed E-state index contributed by atoms with van der Waals surface area (Å²) in [5, 5.41) is 2.81. The fourth-order valence-electron chi connectivity index (χ4n) is 3.95. The van der Waals surface area contributed by atoms with E-state index in [9.17, 15) is 18.4 Å². The normalized spacial score (nSPS) is 28.0. The lowest BCUT2D eigenvalue weighted by molar-refractivity contribution is -0.128. The average molecular weight is 380 g/mol. The summed E-state index contributed by atoms with van der Waals surface area (Å²) in [5.74, 6) is -2.15. The minimum Gasteiger partial charge on any atom is -0.353 e. The standard InChI is InChI=1S/C20H26F2N2O3/c1-12(2)23-18(25)17-11-27-20(8-6-13(3)7-9-20)24(17)19(26)15-5-4-14(21)10-16(15)22/h4-5,10,12-13,17H,6-9,11H2,1-3H3,(H,23,25). The van der Waals surface area contributed by atoms with Crippen LogP contribution in [0.15, 0.2) is 18.2 Å². The summed E-state index contributed by atoms with van der Waals surface area (Å²) in [5.41, 5.74) is -1.16. The molecule has 3 rings (SSSR count). The number of amides is 2. The fraction of sp³-hybridized carbons (Fsp3) is 0.600. The van der Waals surface area contributed by atoms with Crippen molar-refractivity contribution in [1.82, 2.24) is 10.2 Å². The van der Waals surface area contributed by atoms with E-state index in [0.717, 1.165) is 25.0 Å². The molecule has 7 heteroatoms.